The monoisotopic (exact) mass is 483 g/mol. The molecule has 1 N–H and O–H groups in total. The van der Waals surface area contributed by atoms with Crippen molar-refractivity contribution in [2.45, 2.75) is 37.8 Å². The molecule has 3 heterocycles. The minimum Gasteiger partial charge on any atom is -0.493 e. The fourth-order valence-corrected chi connectivity index (χ4v) is 5.78. The number of rotatable bonds is 5. The fraction of sp³-hybridized carbons (Fsp3) is 0.379. The molecule has 6 rings (SSSR count). The Morgan fingerprint density at radius 1 is 0.806 bits per heavy atom. The van der Waals surface area contributed by atoms with E-state index in [4.69, 9.17) is 4.74 Å². The van der Waals surface area contributed by atoms with E-state index in [-0.39, 0.29) is 5.88 Å². The first-order chi connectivity index (χ1) is 17.7. The van der Waals surface area contributed by atoms with Crippen LogP contribution in [0.1, 0.15) is 31.7 Å². The van der Waals surface area contributed by atoms with Crippen LogP contribution in [0.2, 0.25) is 0 Å². The maximum atomic E-state index is 10.7. The van der Waals surface area contributed by atoms with Gasteiger partial charge in [0.25, 0.3) is 0 Å². The molecule has 2 fully saturated rings. The normalized spacial score (nSPS) is 21.6. The highest BCUT2D eigenvalue weighted by atomic mass is 16.5. The molecule has 36 heavy (non-hydrogen) atoms. The second-order valence-electron chi connectivity index (χ2n) is 10.1. The van der Waals surface area contributed by atoms with E-state index in [0.717, 1.165) is 59.6 Å². The van der Waals surface area contributed by atoms with Gasteiger partial charge in [0.05, 0.1) is 5.39 Å². The summed E-state index contributed by atoms with van der Waals surface area (Å²) in [7, 11) is 2.21. The molecule has 2 aromatic carbocycles. The Morgan fingerprint density at radius 2 is 1.47 bits per heavy atom. The summed E-state index contributed by atoms with van der Waals surface area (Å²) in [6.45, 7) is 4.68. The summed E-state index contributed by atoms with van der Waals surface area (Å²) in [6.07, 6.45) is 8.26. The number of likely N-dealkylation sites (N-methyl/N-ethyl adjacent to an activating group) is 1. The average molecular weight is 484 g/mol. The van der Waals surface area contributed by atoms with E-state index in [0.29, 0.717) is 12.1 Å². The second kappa shape index (κ2) is 9.91. The number of hydrogen-bond donors (Lipinski definition) is 1. The summed E-state index contributed by atoms with van der Waals surface area (Å²) in [4.78, 5) is 13.8. The number of piperazine rings is 1. The van der Waals surface area contributed by atoms with Gasteiger partial charge in [-0.05, 0) is 62.6 Å². The van der Waals surface area contributed by atoms with Gasteiger partial charge in [-0.1, -0.05) is 30.3 Å². The topological polar surface area (TPSA) is 66.7 Å². The van der Waals surface area contributed by atoms with Crippen LogP contribution < -0.4 is 4.74 Å². The molecular formula is C29H33N5O2. The molecule has 186 valence electrons. The number of aromatic hydroxyl groups is 1. The van der Waals surface area contributed by atoms with Crippen molar-refractivity contribution in [1.82, 2.24) is 24.3 Å². The van der Waals surface area contributed by atoms with Crippen molar-refractivity contribution in [1.29, 1.82) is 0 Å². The van der Waals surface area contributed by atoms with Gasteiger partial charge in [0.15, 0.2) is 0 Å². The van der Waals surface area contributed by atoms with Gasteiger partial charge in [0, 0.05) is 50.0 Å². The van der Waals surface area contributed by atoms with Gasteiger partial charge in [-0.3, -0.25) is 4.90 Å². The molecule has 0 atom stereocenters. The molecule has 1 saturated carbocycles. The van der Waals surface area contributed by atoms with E-state index in [1.165, 1.54) is 32.3 Å². The molecule has 1 aliphatic carbocycles. The van der Waals surface area contributed by atoms with E-state index in [2.05, 4.69) is 37.6 Å². The molecule has 1 saturated heterocycles. The molecular weight excluding hydrogens is 450 g/mol. The quantitative estimate of drug-likeness (QED) is 0.414. The first kappa shape index (κ1) is 23.0. The van der Waals surface area contributed by atoms with Gasteiger partial charge in [-0.15, -0.1) is 0 Å². The molecule has 0 spiro atoms. The lowest BCUT2D eigenvalue weighted by Crippen LogP contribution is -2.49. The lowest BCUT2D eigenvalue weighted by Gasteiger charge is -2.41. The largest absolute Gasteiger partial charge is 0.493 e. The van der Waals surface area contributed by atoms with Crippen molar-refractivity contribution in [3.05, 3.63) is 67.1 Å². The summed E-state index contributed by atoms with van der Waals surface area (Å²) in [5.74, 6) is 1.61. The molecule has 2 aromatic heterocycles. The van der Waals surface area contributed by atoms with Crippen LogP contribution in [0.4, 0.5) is 0 Å². The number of fused-ring (bicyclic) bond motifs is 1. The van der Waals surface area contributed by atoms with Crippen LogP contribution in [-0.2, 0) is 0 Å². The van der Waals surface area contributed by atoms with Crippen molar-refractivity contribution in [3.8, 4) is 28.5 Å². The Morgan fingerprint density at radius 3 is 2.19 bits per heavy atom. The lowest BCUT2D eigenvalue weighted by atomic mass is 9.89. The third-order valence-corrected chi connectivity index (χ3v) is 7.85. The zero-order valence-electron chi connectivity index (χ0n) is 20.8. The highest BCUT2D eigenvalue weighted by Crippen LogP contribution is 2.40. The van der Waals surface area contributed by atoms with Crippen molar-refractivity contribution >= 4 is 11.0 Å². The van der Waals surface area contributed by atoms with Crippen LogP contribution in [0.3, 0.4) is 0 Å². The standard InChI is InChI=1S/C29H33N5O2/c1-32-15-17-33(18-16-32)22-9-11-23(12-10-22)34-19-26(27-28(34)30-20-31-29(27)35)21-7-13-25(14-8-21)36-24-5-3-2-4-6-24/h2-8,13-14,19-20,22-23H,9-12,15-18H2,1H3,(H,30,31,35). The van der Waals surface area contributed by atoms with Gasteiger partial charge in [0.2, 0.25) is 5.88 Å². The summed E-state index contributed by atoms with van der Waals surface area (Å²) < 4.78 is 8.24. The zero-order valence-corrected chi connectivity index (χ0v) is 20.8. The van der Waals surface area contributed by atoms with Crippen molar-refractivity contribution in [2.24, 2.45) is 0 Å². The van der Waals surface area contributed by atoms with Crippen LogP contribution in [0.25, 0.3) is 22.2 Å². The molecule has 7 heteroatoms. The first-order valence-electron chi connectivity index (χ1n) is 13.0. The van der Waals surface area contributed by atoms with Crippen LogP contribution in [0, 0.1) is 0 Å². The highest BCUT2D eigenvalue weighted by molar-refractivity contribution is 5.97. The van der Waals surface area contributed by atoms with Crippen molar-refractivity contribution in [3.63, 3.8) is 0 Å². The number of hydrogen-bond acceptors (Lipinski definition) is 6. The van der Waals surface area contributed by atoms with Gasteiger partial charge in [0.1, 0.15) is 23.5 Å². The molecule has 0 unspecified atom stereocenters. The Labute approximate surface area is 212 Å². The lowest BCUT2D eigenvalue weighted by molar-refractivity contribution is 0.0828. The number of nitrogens with zero attached hydrogens (tertiary/aromatic N) is 5. The SMILES string of the molecule is CN1CCN(C2CCC(n3cc(-c4ccc(Oc5ccccc5)cc4)c4c(O)ncnc43)CC2)CC1. The van der Waals surface area contributed by atoms with Crippen molar-refractivity contribution in [2.75, 3.05) is 33.2 Å². The molecule has 7 nitrogen and oxygen atoms in total. The van der Waals surface area contributed by atoms with E-state index >= 15 is 0 Å². The van der Waals surface area contributed by atoms with E-state index < -0.39 is 0 Å². The maximum absolute atomic E-state index is 10.7. The maximum Gasteiger partial charge on any atom is 0.224 e. The molecule has 0 radical (unpaired) electrons. The Hall–Kier alpha value is -3.42. The van der Waals surface area contributed by atoms with E-state index in [9.17, 15) is 5.11 Å². The molecule has 0 amide bonds. The van der Waals surface area contributed by atoms with Gasteiger partial charge >= 0.3 is 0 Å². The van der Waals surface area contributed by atoms with Gasteiger partial charge in [-0.2, -0.15) is 0 Å². The molecule has 4 aromatic rings. The zero-order chi connectivity index (χ0) is 24.5. The molecule has 1 aliphatic heterocycles. The second-order valence-corrected chi connectivity index (χ2v) is 10.1. The van der Waals surface area contributed by atoms with Crippen LogP contribution in [0.15, 0.2) is 67.1 Å². The number of ether oxygens (including phenoxy) is 1. The Balaban J connectivity index is 1.24. The predicted octanol–water partition coefficient (Wildman–Crippen LogP) is 5.33. The minimum absolute atomic E-state index is 0.0319. The summed E-state index contributed by atoms with van der Waals surface area (Å²) >= 11 is 0. The first-order valence-corrected chi connectivity index (χ1v) is 13.0. The van der Waals surface area contributed by atoms with Gasteiger partial charge < -0.3 is 19.3 Å². The smallest absolute Gasteiger partial charge is 0.224 e. The third-order valence-electron chi connectivity index (χ3n) is 7.85. The predicted molar refractivity (Wildman–Crippen MR) is 142 cm³/mol. The van der Waals surface area contributed by atoms with Crippen LogP contribution in [-0.4, -0.2) is 68.7 Å². The summed E-state index contributed by atoms with van der Waals surface area (Å²) in [6, 6.07) is 18.8. The summed E-state index contributed by atoms with van der Waals surface area (Å²) in [5, 5.41) is 11.4. The Kier molecular flexibility index (Phi) is 6.34. The van der Waals surface area contributed by atoms with Crippen LogP contribution in [0.5, 0.6) is 17.4 Å². The fourth-order valence-electron chi connectivity index (χ4n) is 5.78. The van der Waals surface area contributed by atoms with Crippen LogP contribution >= 0.6 is 0 Å². The Bertz CT molecular complexity index is 1310. The molecule has 0 bridgehead atoms. The third kappa shape index (κ3) is 4.56. The number of benzene rings is 2. The molecule has 2 aliphatic rings. The minimum atomic E-state index is 0.0319. The highest BCUT2D eigenvalue weighted by Gasteiger charge is 2.30. The number of aromatic nitrogens is 3. The van der Waals surface area contributed by atoms with Gasteiger partial charge in [-0.25, -0.2) is 9.97 Å². The van der Waals surface area contributed by atoms with Crippen molar-refractivity contribution < 1.29 is 9.84 Å². The summed E-state index contributed by atoms with van der Waals surface area (Å²) in [5.41, 5.74) is 2.77. The van der Waals surface area contributed by atoms with E-state index in [1.54, 1.807) is 0 Å². The average Bonchev–Trinajstić information content (AvgIpc) is 3.31. The number of para-hydroxylation sites is 1. The van der Waals surface area contributed by atoms with E-state index in [1.807, 2.05) is 54.6 Å².